The third kappa shape index (κ3) is 9.82. The first kappa shape index (κ1) is 26.8. The van der Waals surface area contributed by atoms with E-state index in [0.29, 0.717) is 38.6 Å². The zero-order valence-electron chi connectivity index (χ0n) is 16.6. The predicted molar refractivity (Wildman–Crippen MR) is 118 cm³/mol. The Bertz CT molecular complexity index is 703. The zero-order valence-corrected chi connectivity index (χ0v) is 19.7. The molecule has 1 N–H and O–H groups in total. The van der Waals surface area contributed by atoms with Crippen LogP contribution in [0.2, 0.25) is 0 Å². The van der Waals surface area contributed by atoms with E-state index in [1.165, 1.54) is 22.7 Å². The van der Waals surface area contributed by atoms with Gasteiger partial charge in [-0.3, -0.25) is 4.99 Å². The van der Waals surface area contributed by atoms with Crippen molar-refractivity contribution in [2.24, 2.45) is 4.99 Å². The highest BCUT2D eigenvalue weighted by Crippen LogP contribution is 2.15. The van der Waals surface area contributed by atoms with Gasteiger partial charge in [0.1, 0.15) is 5.75 Å². The first-order valence-corrected chi connectivity index (χ1v) is 10.4. The maximum absolute atomic E-state index is 12.2. The Labute approximate surface area is 183 Å². The van der Waals surface area contributed by atoms with Crippen molar-refractivity contribution in [1.82, 2.24) is 14.5 Å². The predicted octanol–water partition coefficient (Wildman–Crippen LogP) is 2.58. The van der Waals surface area contributed by atoms with Crippen molar-refractivity contribution in [3.63, 3.8) is 0 Å². The van der Waals surface area contributed by atoms with Crippen LogP contribution in [0.15, 0.2) is 29.3 Å². The summed E-state index contributed by atoms with van der Waals surface area (Å²) < 4.78 is 53.2. The van der Waals surface area contributed by atoms with Gasteiger partial charge in [-0.2, -0.15) is 8.78 Å². The molecule has 0 unspecified atom stereocenters. The molecular formula is C17H29F2IN4O3S. The second-order valence-corrected chi connectivity index (χ2v) is 7.94. The molecule has 1 aromatic rings. The van der Waals surface area contributed by atoms with Gasteiger partial charge in [0, 0.05) is 40.3 Å². The minimum absolute atomic E-state index is 0. The molecule has 0 aliphatic heterocycles. The third-order valence-electron chi connectivity index (χ3n) is 3.83. The SMILES string of the molecule is CCN(CCCNC(=NC)N(C)Cc1ccc(OC(F)F)cc1)S(C)(=O)=O.I. The van der Waals surface area contributed by atoms with E-state index in [-0.39, 0.29) is 29.7 Å². The van der Waals surface area contributed by atoms with Gasteiger partial charge in [-0.05, 0) is 24.1 Å². The highest BCUT2D eigenvalue weighted by atomic mass is 127. The van der Waals surface area contributed by atoms with Gasteiger partial charge in [-0.1, -0.05) is 19.1 Å². The molecule has 28 heavy (non-hydrogen) atoms. The number of halogens is 3. The number of alkyl halides is 2. The fraction of sp³-hybridized carbons (Fsp3) is 0.588. The largest absolute Gasteiger partial charge is 0.435 e. The lowest BCUT2D eigenvalue weighted by Crippen LogP contribution is -2.40. The number of rotatable bonds is 10. The summed E-state index contributed by atoms with van der Waals surface area (Å²) in [5, 5.41) is 3.19. The first-order valence-electron chi connectivity index (χ1n) is 8.58. The number of ether oxygens (including phenoxy) is 1. The van der Waals surface area contributed by atoms with E-state index in [4.69, 9.17) is 0 Å². The van der Waals surface area contributed by atoms with Crippen molar-refractivity contribution < 1.29 is 21.9 Å². The van der Waals surface area contributed by atoms with E-state index < -0.39 is 16.6 Å². The summed E-state index contributed by atoms with van der Waals surface area (Å²) in [6.07, 6.45) is 1.85. The van der Waals surface area contributed by atoms with Crippen LogP contribution in [-0.2, 0) is 16.6 Å². The van der Waals surface area contributed by atoms with Crippen molar-refractivity contribution in [3.8, 4) is 5.75 Å². The Morgan fingerprint density at radius 3 is 2.36 bits per heavy atom. The number of hydrogen-bond donors (Lipinski definition) is 1. The molecule has 0 saturated carbocycles. The summed E-state index contributed by atoms with van der Waals surface area (Å²) in [7, 11) is 0.333. The van der Waals surface area contributed by atoms with Crippen LogP contribution in [0.5, 0.6) is 5.75 Å². The Hall–Kier alpha value is -1.21. The van der Waals surface area contributed by atoms with Crippen LogP contribution in [0.1, 0.15) is 18.9 Å². The standard InChI is InChI=1S/C17H28F2N4O3S.HI/c1-5-23(27(4,24)25)12-6-11-21-17(20-2)22(3)13-14-7-9-15(10-8-14)26-16(18)19;/h7-10,16H,5-6,11-13H2,1-4H3,(H,20,21);1H. The van der Waals surface area contributed by atoms with Crippen LogP contribution < -0.4 is 10.1 Å². The molecule has 0 bridgehead atoms. The lowest BCUT2D eigenvalue weighted by atomic mass is 10.2. The van der Waals surface area contributed by atoms with Gasteiger partial charge < -0.3 is 15.0 Å². The van der Waals surface area contributed by atoms with Gasteiger partial charge >= 0.3 is 6.61 Å². The monoisotopic (exact) mass is 534 g/mol. The van der Waals surface area contributed by atoms with Crippen molar-refractivity contribution in [1.29, 1.82) is 0 Å². The Balaban J connectivity index is 0.00000729. The zero-order chi connectivity index (χ0) is 20.4. The van der Waals surface area contributed by atoms with Gasteiger partial charge in [0.05, 0.1) is 6.26 Å². The second-order valence-electron chi connectivity index (χ2n) is 5.96. The van der Waals surface area contributed by atoms with Crippen molar-refractivity contribution in [3.05, 3.63) is 29.8 Å². The van der Waals surface area contributed by atoms with Crippen LogP contribution in [0, 0.1) is 0 Å². The molecule has 0 radical (unpaired) electrons. The molecule has 0 aromatic heterocycles. The minimum atomic E-state index is -3.18. The molecule has 11 heteroatoms. The van der Waals surface area contributed by atoms with E-state index in [9.17, 15) is 17.2 Å². The smallest absolute Gasteiger partial charge is 0.387 e. The summed E-state index contributed by atoms with van der Waals surface area (Å²) in [5.41, 5.74) is 0.913. The van der Waals surface area contributed by atoms with Crippen LogP contribution >= 0.6 is 24.0 Å². The number of benzene rings is 1. The van der Waals surface area contributed by atoms with Crippen molar-refractivity contribution in [2.75, 3.05) is 40.0 Å². The maximum Gasteiger partial charge on any atom is 0.387 e. The molecule has 0 aliphatic carbocycles. The number of guanidine groups is 1. The lowest BCUT2D eigenvalue weighted by Gasteiger charge is -2.23. The lowest BCUT2D eigenvalue weighted by molar-refractivity contribution is -0.0498. The Morgan fingerprint density at radius 2 is 1.89 bits per heavy atom. The molecule has 0 fully saturated rings. The summed E-state index contributed by atoms with van der Waals surface area (Å²) in [6.45, 7) is 0.947. The fourth-order valence-electron chi connectivity index (χ4n) is 2.52. The average Bonchev–Trinajstić information content (AvgIpc) is 2.58. The molecular weight excluding hydrogens is 505 g/mol. The summed E-state index contributed by atoms with van der Waals surface area (Å²) in [5.74, 6) is 0.774. The van der Waals surface area contributed by atoms with E-state index >= 15 is 0 Å². The quantitative estimate of drug-likeness (QED) is 0.216. The van der Waals surface area contributed by atoms with Crippen LogP contribution in [0.3, 0.4) is 0 Å². The van der Waals surface area contributed by atoms with E-state index in [1.54, 1.807) is 26.1 Å². The molecule has 7 nitrogen and oxygen atoms in total. The van der Waals surface area contributed by atoms with Crippen LogP contribution in [0.4, 0.5) is 8.78 Å². The van der Waals surface area contributed by atoms with Crippen LogP contribution in [-0.4, -0.2) is 70.2 Å². The third-order valence-corrected chi connectivity index (χ3v) is 5.21. The summed E-state index contributed by atoms with van der Waals surface area (Å²) >= 11 is 0. The van der Waals surface area contributed by atoms with Gasteiger partial charge in [-0.25, -0.2) is 12.7 Å². The van der Waals surface area contributed by atoms with E-state index in [1.807, 2.05) is 11.9 Å². The second kappa shape index (κ2) is 13.1. The van der Waals surface area contributed by atoms with Gasteiger partial charge in [0.25, 0.3) is 0 Å². The molecule has 0 aliphatic rings. The average molecular weight is 534 g/mol. The highest BCUT2D eigenvalue weighted by Gasteiger charge is 2.14. The molecule has 0 atom stereocenters. The highest BCUT2D eigenvalue weighted by molar-refractivity contribution is 14.0. The Kier molecular flexibility index (Phi) is 12.5. The van der Waals surface area contributed by atoms with E-state index in [0.717, 1.165) is 5.56 Å². The number of aliphatic imine (C=N–C) groups is 1. The number of nitrogens with zero attached hydrogens (tertiary/aromatic N) is 3. The molecule has 162 valence electrons. The molecule has 0 saturated heterocycles. The van der Waals surface area contributed by atoms with Crippen molar-refractivity contribution >= 4 is 40.0 Å². The fourth-order valence-corrected chi connectivity index (χ4v) is 3.45. The normalized spacial score (nSPS) is 12.1. The topological polar surface area (TPSA) is 74.2 Å². The number of hydrogen-bond acceptors (Lipinski definition) is 4. The first-order chi connectivity index (χ1) is 12.7. The minimum Gasteiger partial charge on any atom is -0.435 e. The summed E-state index contributed by atoms with van der Waals surface area (Å²) in [6, 6.07) is 6.42. The Morgan fingerprint density at radius 1 is 1.29 bits per heavy atom. The number of sulfonamides is 1. The number of nitrogens with one attached hydrogen (secondary N) is 1. The van der Waals surface area contributed by atoms with Gasteiger partial charge in [-0.15, -0.1) is 24.0 Å². The molecule has 1 aromatic carbocycles. The van der Waals surface area contributed by atoms with Crippen molar-refractivity contribution in [2.45, 2.75) is 26.5 Å². The maximum atomic E-state index is 12.2. The van der Waals surface area contributed by atoms with Crippen LogP contribution in [0.25, 0.3) is 0 Å². The van der Waals surface area contributed by atoms with Gasteiger partial charge in [0.2, 0.25) is 10.0 Å². The molecule has 0 heterocycles. The molecule has 1 rings (SSSR count). The van der Waals surface area contributed by atoms with E-state index in [2.05, 4.69) is 15.0 Å². The van der Waals surface area contributed by atoms with Gasteiger partial charge in [0.15, 0.2) is 5.96 Å². The molecule has 0 spiro atoms. The summed E-state index contributed by atoms with van der Waals surface area (Å²) in [4.78, 5) is 6.09. The molecule has 0 amide bonds.